The molecule has 3 heteroatoms. The van der Waals surface area contributed by atoms with E-state index in [4.69, 9.17) is 4.42 Å². The van der Waals surface area contributed by atoms with Gasteiger partial charge < -0.3 is 13.6 Å². The number of furan rings is 1. The monoisotopic (exact) mass is 1180 g/mol. The third kappa shape index (κ3) is 10.8. The molecule has 450 valence electrons. The van der Waals surface area contributed by atoms with Crippen molar-refractivity contribution in [3.8, 4) is 33.6 Å². The lowest BCUT2D eigenvalue weighted by molar-refractivity contribution is 0.655. The second-order valence-corrected chi connectivity index (χ2v) is 26.8. The highest BCUT2D eigenvalue weighted by Crippen LogP contribution is 2.52. The molecule has 0 radical (unpaired) electrons. The Hall–Kier alpha value is -9.96. The molecule has 0 N–H and O–H groups in total. The van der Waals surface area contributed by atoms with Crippen molar-refractivity contribution in [3.63, 3.8) is 0 Å². The Morgan fingerprint density at radius 1 is 0.264 bits per heavy atom. The van der Waals surface area contributed by atoms with E-state index in [9.17, 15) is 0 Å². The maximum absolute atomic E-state index is 5.91. The summed E-state index contributed by atoms with van der Waals surface area (Å²) in [5, 5.41) is 7.73. The Bertz CT molecular complexity index is 5040. The molecule has 2 aliphatic carbocycles. The normalized spacial score (nSPS) is 12.9. The molecule has 0 bridgehead atoms. The van der Waals surface area contributed by atoms with Crippen LogP contribution in [0.3, 0.4) is 0 Å². The number of hydrogen-bond donors (Lipinski definition) is 0. The van der Waals surface area contributed by atoms with Crippen molar-refractivity contribution < 1.29 is 4.42 Å². The van der Waals surface area contributed by atoms with Crippen LogP contribution in [0.4, 0.5) is 0 Å². The molecular formula is C88H82N2O. The maximum Gasteiger partial charge on any atom is 0.138 e. The van der Waals surface area contributed by atoms with Crippen LogP contribution in [0.2, 0.25) is 0 Å². The topological polar surface area (TPSA) is 23.0 Å². The summed E-state index contributed by atoms with van der Waals surface area (Å²) in [6.07, 6.45) is 0. The van der Waals surface area contributed by atoms with Crippen LogP contribution >= 0.6 is 0 Å². The number of rotatable bonds is 2. The average Bonchev–Trinajstić information content (AvgIpc) is 1.64. The molecule has 2 aliphatic rings. The number of aromatic nitrogens is 2. The summed E-state index contributed by atoms with van der Waals surface area (Å²) in [7, 11) is 0. The van der Waals surface area contributed by atoms with Gasteiger partial charge >= 0.3 is 0 Å². The summed E-state index contributed by atoms with van der Waals surface area (Å²) in [5.41, 5.74) is 34.6. The van der Waals surface area contributed by atoms with Crippen LogP contribution in [0, 0.1) is 69.2 Å². The van der Waals surface area contributed by atoms with Crippen molar-refractivity contribution in [2.75, 3.05) is 0 Å². The second kappa shape index (κ2) is 23.8. The summed E-state index contributed by atoms with van der Waals surface area (Å²) in [6, 6.07) is 87.5. The first-order chi connectivity index (χ1) is 43.8. The number of nitrogens with zero attached hydrogens (tertiary/aromatic N) is 2. The quantitative estimate of drug-likeness (QED) is 0.169. The number of para-hydroxylation sites is 4. The van der Waals surface area contributed by atoms with Gasteiger partial charge in [-0.1, -0.05) is 232 Å². The van der Waals surface area contributed by atoms with E-state index in [1.165, 1.54) is 166 Å². The Morgan fingerprint density at radius 3 is 1.16 bits per heavy atom. The molecule has 15 aromatic rings. The van der Waals surface area contributed by atoms with Crippen LogP contribution < -0.4 is 0 Å². The molecule has 0 fully saturated rings. The maximum atomic E-state index is 5.91. The molecular weight excluding hydrogens is 1100 g/mol. The molecule has 0 saturated carbocycles. The number of fused-ring (bicyclic) bond motifs is 15. The minimum absolute atomic E-state index is 0.141. The number of benzene rings is 12. The second-order valence-electron chi connectivity index (χ2n) is 26.8. The van der Waals surface area contributed by atoms with Crippen molar-refractivity contribution in [2.24, 2.45) is 0 Å². The summed E-state index contributed by atoms with van der Waals surface area (Å²) >= 11 is 0. The van der Waals surface area contributed by atoms with Gasteiger partial charge in [0.1, 0.15) is 11.2 Å². The standard InChI is InChI=1S/2C20H17N.2C17H18.C14H12O/c1-14-8-10-19-17(12-14)18-13-15(2)9-11-20(18)21(19)16-6-4-3-5-7-16;1-14-8-10-17-18-11-9-15(2)13-20(18)21(19(17)12-14)16-6-4-3-5-7-16;1-11-5-7-13-14-8-6-12(2)10-16(14)17(3,4)15(13)9-11;1-11-9-10-12(2)16-15(11)13-7-5-6-8-14(13)17(16,3)4;1-9-5-3-7-11-12-8-4-6-10(2)14(12)15-13(9)11/h2*3-13H,1-2H3;2*5-10H,1-4H3;3-8H,1-2H3. The largest absolute Gasteiger partial charge is 0.456 e. The van der Waals surface area contributed by atoms with Gasteiger partial charge in [0.25, 0.3) is 0 Å². The molecule has 3 heterocycles. The van der Waals surface area contributed by atoms with E-state index in [0.717, 1.165) is 11.2 Å². The van der Waals surface area contributed by atoms with Crippen LogP contribution in [0.25, 0.3) is 99.2 Å². The van der Waals surface area contributed by atoms with E-state index >= 15 is 0 Å². The Kier molecular flexibility index (Phi) is 15.7. The minimum atomic E-state index is 0.141. The van der Waals surface area contributed by atoms with Gasteiger partial charge in [0, 0.05) is 54.5 Å². The van der Waals surface area contributed by atoms with E-state index in [0.29, 0.717) is 0 Å². The average molecular weight is 1180 g/mol. The van der Waals surface area contributed by atoms with E-state index in [-0.39, 0.29) is 10.8 Å². The van der Waals surface area contributed by atoms with Gasteiger partial charge in [0.05, 0.1) is 22.1 Å². The zero-order valence-corrected chi connectivity index (χ0v) is 55.4. The molecule has 0 aliphatic heterocycles. The van der Waals surface area contributed by atoms with Crippen molar-refractivity contribution in [3.05, 3.63) is 321 Å². The van der Waals surface area contributed by atoms with Crippen LogP contribution in [0.5, 0.6) is 0 Å². The van der Waals surface area contributed by atoms with Crippen molar-refractivity contribution in [1.82, 2.24) is 9.13 Å². The first kappa shape index (κ1) is 60.0. The summed E-state index contributed by atoms with van der Waals surface area (Å²) in [4.78, 5) is 0. The zero-order valence-electron chi connectivity index (χ0n) is 55.4. The van der Waals surface area contributed by atoms with Gasteiger partial charge in [-0.05, 0) is 208 Å². The fourth-order valence-electron chi connectivity index (χ4n) is 14.6. The van der Waals surface area contributed by atoms with Crippen LogP contribution in [-0.2, 0) is 10.8 Å². The third-order valence-electron chi connectivity index (χ3n) is 19.2. The molecule has 17 rings (SSSR count). The summed E-state index contributed by atoms with van der Waals surface area (Å²) in [5.74, 6) is 0. The fraction of sp³-hybridized carbons (Fsp3) is 0.182. The van der Waals surface area contributed by atoms with Gasteiger partial charge in [0.2, 0.25) is 0 Å². The highest BCUT2D eigenvalue weighted by atomic mass is 16.3. The lowest BCUT2D eigenvalue weighted by atomic mass is 9.80. The smallest absolute Gasteiger partial charge is 0.138 e. The van der Waals surface area contributed by atoms with E-state index in [2.05, 4.69) is 349 Å². The summed E-state index contributed by atoms with van der Waals surface area (Å²) in [6.45, 7) is 30.9. The third-order valence-corrected chi connectivity index (χ3v) is 19.2. The highest BCUT2D eigenvalue weighted by Gasteiger charge is 2.37. The van der Waals surface area contributed by atoms with Gasteiger partial charge in [-0.25, -0.2) is 0 Å². The molecule has 0 unspecified atom stereocenters. The van der Waals surface area contributed by atoms with Crippen LogP contribution in [-0.4, -0.2) is 9.13 Å². The van der Waals surface area contributed by atoms with E-state index in [1.54, 1.807) is 0 Å². The Morgan fingerprint density at radius 2 is 0.670 bits per heavy atom. The fourth-order valence-corrected chi connectivity index (χ4v) is 14.6. The number of hydrogen-bond acceptors (Lipinski definition) is 1. The van der Waals surface area contributed by atoms with Gasteiger partial charge in [-0.15, -0.1) is 0 Å². The van der Waals surface area contributed by atoms with Gasteiger partial charge in [0.15, 0.2) is 0 Å². The van der Waals surface area contributed by atoms with Crippen molar-refractivity contribution in [2.45, 2.75) is 108 Å². The lowest BCUT2D eigenvalue weighted by Crippen LogP contribution is -2.16. The van der Waals surface area contributed by atoms with Gasteiger partial charge in [-0.2, -0.15) is 0 Å². The van der Waals surface area contributed by atoms with Crippen LogP contribution in [0.1, 0.15) is 106 Å². The highest BCUT2D eigenvalue weighted by molar-refractivity contribution is 6.11. The molecule has 3 aromatic heterocycles. The zero-order chi connectivity index (χ0) is 63.6. The first-order valence-electron chi connectivity index (χ1n) is 32.2. The molecule has 91 heavy (non-hydrogen) atoms. The summed E-state index contributed by atoms with van der Waals surface area (Å²) < 4.78 is 10.6. The molecule has 0 spiro atoms. The van der Waals surface area contributed by atoms with Crippen molar-refractivity contribution >= 4 is 65.6 Å². The SMILES string of the molecule is Cc1ccc(C)c2c1-c1ccccc1C2(C)C.Cc1ccc2c(c1)C(C)(C)c1cc(C)ccc1-2.Cc1ccc2c(c1)c1cc(C)ccc1n2-c1ccccc1.Cc1ccc2c3ccc(C)cc3n(-c3ccccc3)c2c1.Cc1cccc2c1oc1c(C)cccc12. The lowest BCUT2D eigenvalue weighted by Gasteiger charge is -2.23. The van der Waals surface area contributed by atoms with Crippen molar-refractivity contribution in [1.29, 1.82) is 0 Å². The molecule has 0 atom stereocenters. The van der Waals surface area contributed by atoms with E-state index in [1.807, 2.05) is 0 Å². The molecule has 0 amide bonds. The van der Waals surface area contributed by atoms with E-state index < -0.39 is 0 Å². The predicted octanol–water partition coefficient (Wildman–Crippen LogP) is 24.2. The molecule has 12 aromatic carbocycles. The first-order valence-corrected chi connectivity index (χ1v) is 32.2. The molecule has 3 nitrogen and oxygen atoms in total. The Balaban J connectivity index is 0.000000105. The minimum Gasteiger partial charge on any atom is -0.456 e. The number of aryl methyl sites for hydroxylation is 10. The van der Waals surface area contributed by atoms with Crippen LogP contribution in [0.15, 0.2) is 247 Å². The van der Waals surface area contributed by atoms with Gasteiger partial charge in [-0.3, -0.25) is 0 Å². The Labute approximate surface area is 537 Å². The molecule has 0 saturated heterocycles. The predicted molar refractivity (Wildman–Crippen MR) is 391 cm³/mol.